The van der Waals surface area contributed by atoms with E-state index in [1.165, 1.54) is 18.1 Å². The van der Waals surface area contributed by atoms with Gasteiger partial charge in [0.2, 0.25) is 0 Å². The second-order valence-electron chi connectivity index (χ2n) is 7.37. The van der Waals surface area contributed by atoms with E-state index in [1.807, 2.05) is 0 Å². The zero-order valence-corrected chi connectivity index (χ0v) is 18.6. The van der Waals surface area contributed by atoms with Crippen molar-refractivity contribution in [1.82, 2.24) is 9.80 Å². The number of imide groups is 1. The lowest BCUT2D eigenvalue weighted by atomic mass is 10.1. The van der Waals surface area contributed by atoms with Crippen LogP contribution in [0.15, 0.2) is 54.3 Å². The molecule has 1 aromatic carbocycles. The van der Waals surface area contributed by atoms with E-state index < -0.39 is 0 Å². The minimum absolute atomic E-state index is 0.126. The summed E-state index contributed by atoms with van der Waals surface area (Å²) in [7, 11) is 3.10. The van der Waals surface area contributed by atoms with Crippen molar-refractivity contribution in [1.29, 1.82) is 0 Å². The van der Waals surface area contributed by atoms with Gasteiger partial charge in [0.1, 0.15) is 11.5 Å². The molecule has 1 saturated heterocycles. The minimum Gasteiger partial charge on any atom is -0.501 e. The lowest BCUT2D eigenvalue weighted by Crippen LogP contribution is -2.37. The molecule has 0 aliphatic carbocycles. The fourth-order valence-corrected chi connectivity index (χ4v) is 3.47. The van der Waals surface area contributed by atoms with Crippen LogP contribution in [0.4, 0.5) is 0 Å². The average Bonchev–Trinajstić information content (AvgIpc) is 3.09. The van der Waals surface area contributed by atoms with Crippen molar-refractivity contribution in [3.05, 3.63) is 59.9 Å². The molecular weight excluding hydrogens is 412 g/mol. The van der Waals surface area contributed by atoms with Crippen LogP contribution in [0.1, 0.15) is 12.0 Å². The molecule has 172 valence electrons. The molecule has 8 nitrogen and oxygen atoms in total. The summed E-state index contributed by atoms with van der Waals surface area (Å²) < 4.78 is 21.4. The second-order valence-corrected chi connectivity index (χ2v) is 7.37. The van der Waals surface area contributed by atoms with E-state index in [-0.39, 0.29) is 18.4 Å². The third kappa shape index (κ3) is 6.45. The molecule has 0 atom stereocenters. The maximum Gasteiger partial charge on any atom is 0.261 e. The molecule has 0 saturated carbocycles. The standard InChI is InChI=1S/C24H30N2O6/c1-29-21-8-7-20(22(17-21)30-2)18-26-23(27)16-19(24(26)28)6-3-4-12-31-13-5-9-25-10-14-32-15-11-25/h3-4,6-8,12,16-17H,5,9-11,13-15,18H2,1-2H3/b6-3-,12-4+. The number of carbonyl (C=O) groups is 2. The minimum atomic E-state index is -0.351. The molecular formula is C24H30N2O6. The van der Waals surface area contributed by atoms with E-state index in [9.17, 15) is 9.59 Å². The number of allylic oxidation sites excluding steroid dienone is 2. The zero-order valence-electron chi connectivity index (χ0n) is 18.6. The van der Waals surface area contributed by atoms with Crippen molar-refractivity contribution in [2.75, 3.05) is 53.7 Å². The van der Waals surface area contributed by atoms with Gasteiger partial charge in [0.25, 0.3) is 11.8 Å². The Morgan fingerprint density at radius 2 is 1.91 bits per heavy atom. The van der Waals surface area contributed by atoms with Gasteiger partial charge in [0.05, 0.1) is 46.8 Å². The van der Waals surface area contributed by atoms with Crippen molar-refractivity contribution >= 4 is 11.8 Å². The fourth-order valence-electron chi connectivity index (χ4n) is 3.47. The van der Waals surface area contributed by atoms with E-state index in [4.69, 9.17) is 18.9 Å². The average molecular weight is 443 g/mol. The molecule has 0 spiro atoms. The van der Waals surface area contributed by atoms with E-state index >= 15 is 0 Å². The first-order valence-electron chi connectivity index (χ1n) is 10.7. The van der Waals surface area contributed by atoms with Crippen LogP contribution in [0.2, 0.25) is 0 Å². The molecule has 2 amide bonds. The smallest absolute Gasteiger partial charge is 0.261 e. The molecule has 0 unspecified atom stereocenters. The number of hydrogen-bond acceptors (Lipinski definition) is 7. The first-order valence-corrected chi connectivity index (χ1v) is 10.7. The highest BCUT2D eigenvalue weighted by atomic mass is 16.5. The Morgan fingerprint density at radius 3 is 2.66 bits per heavy atom. The van der Waals surface area contributed by atoms with E-state index in [0.717, 1.165) is 44.8 Å². The number of morpholine rings is 1. The molecule has 2 aliphatic rings. The number of rotatable bonds is 11. The monoisotopic (exact) mass is 442 g/mol. The molecule has 8 heteroatoms. The number of nitrogens with zero attached hydrogens (tertiary/aromatic N) is 2. The van der Waals surface area contributed by atoms with Crippen LogP contribution in [-0.2, 0) is 25.6 Å². The van der Waals surface area contributed by atoms with Crippen LogP contribution < -0.4 is 9.47 Å². The van der Waals surface area contributed by atoms with Crippen LogP contribution >= 0.6 is 0 Å². The maximum absolute atomic E-state index is 12.6. The molecule has 1 aromatic rings. The van der Waals surface area contributed by atoms with Gasteiger partial charge in [0.15, 0.2) is 0 Å². The molecule has 32 heavy (non-hydrogen) atoms. The number of benzene rings is 1. The topological polar surface area (TPSA) is 77.5 Å². The zero-order chi connectivity index (χ0) is 22.8. The summed E-state index contributed by atoms with van der Waals surface area (Å²) in [5, 5.41) is 0. The number of ether oxygens (including phenoxy) is 4. The van der Waals surface area contributed by atoms with E-state index in [0.29, 0.717) is 23.7 Å². The number of hydrogen-bond donors (Lipinski definition) is 0. The van der Waals surface area contributed by atoms with Gasteiger partial charge in [-0.25, -0.2) is 0 Å². The quantitative estimate of drug-likeness (QED) is 0.225. The van der Waals surface area contributed by atoms with Gasteiger partial charge >= 0.3 is 0 Å². The Balaban J connectivity index is 1.44. The summed E-state index contributed by atoms with van der Waals surface area (Å²) in [4.78, 5) is 28.5. The predicted octanol–water partition coefficient (Wildman–Crippen LogP) is 2.31. The Bertz CT molecular complexity index is 886. The highest BCUT2D eigenvalue weighted by molar-refractivity contribution is 6.17. The summed E-state index contributed by atoms with van der Waals surface area (Å²) in [6.45, 7) is 5.29. The summed E-state index contributed by atoms with van der Waals surface area (Å²) in [6.07, 6.45) is 8.89. The Morgan fingerprint density at radius 1 is 1.09 bits per heavy atom. The number of carbonyl (C=O) groups excluding carboxylic acids is 2. The first-order chi connectivity index (χ1) is 15.6. The Kier molecular flexibility index (Phi) is 8.89. The van der Waals surface area contributed by atoms with Crippen molar-refractivity contribution < 1.29 is 28.5 Å². The normalized spacial score (nSPS) is 17.4. The lowest BCUT2D eigenvalue weighted by Gasteiger charge is -2.26. The molecule has 0 N–H and O–H groups in total. The van der Waals surface area contributed by atoms with Crippen LogP contribution in [0.3, 0.4) is 0 Å². The van der Waals surface area contributed by atoms with Crippen LogP contribution in [-0.4, -0.2) is 75.3 Å². The van der Waals surface area contributed by atoms with Gasteiger partial charge in [-0.2, -0.15) is 0 Å². The van der Waals surface area contributed by atoms with Gasteiger partial charge in [0, 0.05) is 42.9 Å². The van der Waals surface area contributed by atoms with Gasteiger partial charge in [-0.05, 0) is 30.7 Å². The summed E-state index contributed by atoms with van der Waals surface area (Å²) >= 11 is 0. The van der Waals surface area contributed by atoms with Crippen LogP contribution in [0.25, 0.3) is 0 Å². The van der Waals surface area contributed by atoms with Crippen molar-refractivity contribution in [2.24, 2.45) is 0 Å². The molecule has 0 bridgehead atoms. The fraction of sp³-hybridized carbons (Fsp3) is 0.417. The third-order valence-corrected chi connectivity index (χ3v) is 5.26. The van der Waals surface area contributed by atoms with Crippen molar-refractivity contribution in [3.8, 4) is 11.5 Å². The number of amides is 2. The van der Waals surface area contributed by atoms with Gasteiger partial charge in [-0.15, -0.1) is 0 Å². The predicted molar refractivity (Wildman–Crippen MR) is 119 cm³/mol. The Hall–Kier alpha value is -3.10. The van der Waals surface area contributed by atoms with Gasteiger partial charge in [-0.3, -0.25) is 19.4 Å². The van der Waals surface area contributed by atoms with Crippen molar-refractivity contribution in [3.63, 3.8) is 0 Å². The van der Waals surface area contributed by atoms with Gasteiger partial charge < -0.3 is 18.9 Å². The highest BCUT2D eigenvalue weighted by Crippen LogP contribution is 2.27. The maximum atomic E-state index is 12.6. The van der Waals surface area contributed by atoms with Crippen molar-refractivity contribution in [2.45, 2.75) is 13.0 Å². The molecule has 2 aliphatic heterocycles. The SMILES string of the molecule is COc1ccc(CN2C(=O)C=C(/C=C\C=C\OCCCN3CCOCC3)C2=O)c(OC)c1. The van der Waals surface area contributed by atoms with Crippen LogP contribution in [0, 0.1) is 0 Å². The summed E-state index contributed by atoms with van der Waals surface area (Å²) in [5.74, 6) is 0.504. The van der Waals surface area contributed by atoms with E-state index in [1.54, 1.807) is 49.8 Å². The second kappa shape index (κ2) is 12.1. The highest BCUT2D eigenvalue weighted by Gasteiger charge is 2.30. The number of methoxy groups -OCH3 is 2. The molecule has 1 fully saturated rings. The third-order valence-electron chi connectivity index (χ3n) is 5.26. The van der Waals surface area contributed by atoms with Crippen LogP contribution in [0.5, 0.6) is 11.5 Å². The summed E-state index contributed by atoms with van der Waals surface area (Å²) in [6, 6.07) is 5.27. The molecule has 3 rings (SSSR count). The largest absolute Gasteiger partial charge is 0.501 e. The summed E-state index contributed by atoms with van der Waals surface area (Å²) in [5.41, 5.74) is 1.05. The Labute approximate surface area is 188 Å². The van der Waals surface area contributed by atoms with Gasteiger partial charge in [-0.1, -0.05) is 6.08 Å². The first kappa shape index (κ1) is 23.6. The lowest BCUT2D eigenvalue weighted by molar-refractivity contribution is -0.137. The molecule has 0 radical (unpaired) electrons. The van der Waals surface area contributed by atoms with E-state index in [2.05, 4.69) is 4.90 Å². The molecule has 0 aromatic heterocycles. The molecule has 2 heterocycles.